The van der Waals surface area contributed by atoms with Crippen LogP contribution in [0.5, 0.6) is 5.75 Å². The Bertz CT molecular complexity index is 554. The standard InChI is InChI=1S/C14H16FN3O2S/c1-21-14(17-9-16)18-13-11(15)5-2-6-12(13)20-8-10-4-3-7-19-10/h2,5-6,10H,3-4,7-8H2,1H3,(H,17,18). The second-order valence-electron chi connectivity index (χ2n) is 4.39. The molecule has 112 valence electrons. The SMILES string of the molecule is CSC(=Nc1c(F)cccc1OCC1CCCO1)NC#N. The van der Waals surface area contributed by atoms with E-state index >= 15 is 0 Å². The molecule has 2 rings (SSSR count). The van der Waals surface area contributed by atoms with Gasteiger partial charge < -0.3 is 9.47 Å². The zero-order chi connectivity index (χ0) is 15.1. The van der Waals surface area contributed by atoms with Crippen molar-refractivity contribution in [2.75, 3.05) is 19.5 Å². The lowest BCUT2D eigenvalue weighted by Gasteiger charge is -2.13. The lowest BCUT2D eigenvalue weighted by molar-refractivity contribution is 0.0681. The highest BCUT2D eigenvalue weighted by molar-refractivity contribution is 8.13. The number of nitrogens with zero attached hydrogens (tertiary/aromatic N) is 2. The minimum atomic E-state index is -0.494. The highest BCUT2D eigenvalue weighted by atomic mass is 32.2. The van der Waals surface area contributed by atoms with Crippen molar-refractivity contribution in [3.63, 3.8) is 0 Å². The largest absolute Gasteiger partial charge is 0.489 e. The van der Waals surface area contributed by atoms with Crippen molar-refractivity contribution in [3.05, 3.63) is 24.0 Å². The molecule has 1 aromatic carbocycles. The summed E-state index contributed by atoms with van der Waals surface area (Å²) in [4.78, 5) is 4.12. The summed E-state index contributed by atoms with van der Waals surface area (Å²) in [5, 5.41) is 11.3. The van der Waals surface area contributed by atoms with Gasteiger partial charge in [0.05, 0.1) is 6.10 Å². The summed E-state index contributed by atoms with van der Waals surface area (Å²) in [5.41, 5.74) is 0.0857. The molecule has 1 atom stereocenters. The number of thioether (sulfide) groups is 1. The number of para-hydroxylation sites is 1. The Balaban J connectivity index is 2.16. The summed E-state index contributed by atoms with van der Waals surface area (Å²) in [7, 11) is 0. The Morgan fingerprint density at radius 1 is 1.67 bits per heavy atom. The number of aliphatic imine (C=N–C) groups is 1. The van der Waals surface area contributed by atoms with Crippen LogP contribution in [0.15, 0.2) is 23.2 Å². The first kappa shape index (κ1) is 15.6. The number of ether oxygens (including phenoxy) is 2. The summed E-state index contributed by atoms with van der Waals surface area (Å²) < 4.78 is 25.1. The summed E-state index contributed by atoms with van der Waals surface area (Å²) >= 11 is 1.22. The summed E-state index contributed by atoms with van der Waals surface area (Å²) in [6, 6.07) is 4.53. The maximum absolute atomic E-state index is 13.9. The van der Waals surface area contributed by atoms with Crippen molar-refractivity contribution in [1.82, 2.24) is 5.32 Å². The molecule has 0 bridgehead atoms. The van der Waals surface area contributed by atoms with Crippen LogP contribution in [0.3, 0.4) is 0 Å². The van der Waals surface area contributed by atoms with E-state index in [-0.39, 0.29) is 11.8 Å². The first-order valence-corrected chi connectivity index (χ1v) is 7.77. The monoisotopic (exact) mass is 309 g/mol. The number of hydrogen-bond acceptors (Lipinski definition) is 5. The van der Waals surface area contributed by atoms with E-state index in [1.807, 2.05) is 0 Å². The molecule has 0 amide bonds. The van der Waals surface area contributed by atoms with Crippen molar-refractivity contribution in [2.45, 2.75) is 18.9 Å². The van der Waals surface area contributed by atoms with Crippen molar-refractivity contribution in [1.29, 1.82) is 5.26 Å². The molecule has 0 radical (unpaired) electrons. The van der Waals surface area contributed by atoms with Crippen LogP contribution in [-0.4, -0.2) is 30.7 Å². The molecule has 1 aromatic rings. The minimum absolute atomic E-state index is 0.0438. The van der Waals surface area contributed by atoms with Gasteiger partial charge in [-0.1, -0.05) is 17.8 Å². The number of halogens is 1. The number of rotatable bonds is 4. The third kappa shape index (κ3) is 4.34. The van der Waals surface area contributed by atoms with E-state index in [2.05, 4.69) is 10.3 Å². The fourth-order valence-corrected chi connectivity index (χ4v) is 2.28. The molecule has 0 spiro atoms. The van der Waals surface area contributed by atoms with Gasteiger partial charge >= 0.3 is 0 Å². The molecule has 1 saturated heterocycles. The van der Waals surface area contributed by atoms with E-state index in [4.69, 9.17) is 14.7 Å². The van der Waals surface area contributed by atoms with E-state index in [9.17, 15) is 4.39 Å². The van der Waals surface area contributed by atoms with E-state index in [0.29, 0.717) is 17.5 Å². The minimum Gasteiger partial charge on any atom is -0.489 e. The Labute approximate surface area is 127 Å². The quantitative estimate of drug-likeness (QED) is 0.401. The molecule has 7 heteroatoms. The van der Waals surface area contributed by atoms with E-state index in [1.54, 1.807) is 24.6 Å². The predicted octanol–water partition coefficient (Wildman–Crippen LogP) is 2.80. The van der Waals surface area contributed by atoms with Crippen molar-refractivity contribution >= 4 is 22.6 Å². The first-order valence-electron chi connectivity index (χ1n) is 6.55. The van der Waals surface area contributed by atoms with Gasteiger partial charge in [-0.2, -0.15) is 5.26 Å². The van der Waals surface area contributed by atoms with Crippen LogP contribution >= 0.6 is 11.8 Å². The lowest BCUT2D eigenvalue weighted by Crippen LogP contribution is -2.16. The molecule has 1 fully saturated rings. The number of hydrogen-bond donors (Lipinski definition) is 1. The number of amidine groups is 1. The fourth-order valence-electron chi connectivity index (χ4n) is 1.95. The van der Waals surface area contributed by atoms with Crippen LogP contribution in [0.2, 0.25) is 0 Å². The maximum Gasteiger partial charge on any atom is 0.183 e. The van der Waals surface area contributed by atoms with Crippen LogP contribution in [0.4, 0.5) is 10.1 Å². The van der Waals surface area contributed by atoms with E-state index in [0.717, 1.165) is 19.4 Å². The van der Waals surface area contributed by atoms with Gasteiger partial charge in [0.2, 0.25) is 0 Å². The molecule has 0 aromatic heterocycles. The second-order valence-corrected chi connectivity index (χ2v) is 5.19. The zero-order valence-electron chi connectivity index (χ0n) is 11.6. The molecule has 1 aliphatic heterocycles. The van der Waals surface area contributed by atoms with Crippen LogP contribution in [-0.2, 0) is 4.74 Å². The number of benzene rings is 1. The Kier molecular flexibility index (Phi) is 5.84. The molecule has 0 aliphatic carbocycles. The highest BCUT2D eigenvalue weighted by Gasteiger charge is 2.18. The zero-order valence-corrected chi connectivity index (χ0v) is 12.5. The molecule has 21 heavy (non-hydrogen) atoms. The maximum atomic E-state index is 13.9. The molecule has 5 nitrogen and oxygen atoms in total. The summed E-state index contributed by atoms with van der Waals surface area (Å²) in [6.45, 7) is 1.11. The van der Waals surface area contributed by atoms with E-state index < -0.39 is 5.82 Å². The molecule has 0 saturated carbocycles. The van der Waals surface area contributed by atoms with Gasteiger partial charge in [0, 0.05) is 6.61 Å². The average Bonchev–Trinajstić information content (AvgIpc) is 3.00. The topological polar surface area (TPSA) is 66.6 Å². The van der Waals surface area contributed by atoms with Gasteiger partial charge in [0.25, 0.3) is 0 Å². The van der Waals surface area contributed by atoms with Crippen LogP contribution < -0.4 is 10.1 Å². The van der Waals surface area contributed by atoms with Crippen LogP contribution in [0.25, 0.3) is 0 Å². The van der Waals surface area contributed by atoms with Gasteiger partial charge in [-0.15, -0.1) is 0 Å². The fraction of sp³-hybridized carbons (Fsp3) is 0.429. The van der Waals surface area contributed by atoms with Gasteiger partial charge in [0.15, 0.2) is 17.2 Å². The van der Waals surface area contributed by atoms with Gasteiger partial charge in [-0.3, -0.25) is 5.32 Å². The number of nitriles is 1. The van der Waals surface area contributed by atoms with Gasteiger partial charge in [-0.25, -0.2) is 9.38 Å². The average molecular weight is 309 g/mol. The first-order chi connectivity index (χ1) is 10.2. The Morgan fingerprint density at radius 3 is 3.19 bits per heavy atom. The van der Waals surface area contributed by atoms with Crippen LogP contribution in [0, 0.1) is 17.3 Å². The molecular weight excluding hydrogens is 293 g/mol. The summed E-state index contributed by atoms with van der Waals surface area (Å²) in [6.07, 6.45) is 5.52. The summed E-state index contributed by atoms with van der Waals surface area (Å²) in [5.74, 6) is -0.150. The second kappa shape index (κ2) is 7.86. The van der Waals surface area contributed by atoms with Crippen molar-refractivity contribution in [2.24, 2.45) is 4.99 Å². The molecule has 1 aliphatic rings. The van der Waals surface area contributed by atoms with E-state index in [1.165, 1.54) is 17.8 Å². The third-order valence-corrected chi connectivity index (χ3v) is 3.55. The van der Waals surface area contributed by atoms with Crippen molar-refractivity contribution < 1.29 is 13.9 Å². The molecule has 1 heterocycles. The Hall–Kier alpha value is -1.78. The van der Waals surface area contributed by atoms with Gasteiger partial charge in [-0.05, 0) is 31.2 Å². The molecule has 1 N–H and O–H groups in total. The molecular formula is C14H16FN3O2S. The third-order valence-electron chi connectivity index (χ3n) is 2.97. The van der Waals surface area contributed by atoms with Crippen LogP contribution in [0.1, 0.15) is 12.8 Å². The predicted molar refractivity (Wildman–Crippen MR) is 80.2 cm³/mol. The van der Waals surface area contributed by atoms with Crippen molar-refractivity contribution in [3.8, 4) is 11.9 Å². The smallest absolute Gasteiger partial charge is 0.183 e. The Morgan fingerprint density at radius 2 is 2.52 bits per heavy atom. The number of nitrogens with one attached hydrogen (secondary N) is 1. The normalized spacial score (nSPS) is 18.3. The lowest BCUT2D eigenvalue weighted by atomic mass is 10.2. The van der Waals surface area contributed by atoms with Gasteiger partial charge in [0.1, 0.15) is 18.0 Å². The highest BCUT2D eigenvalue weighted by Crippen LogP contribution is 2.31. The molecule has 1 unspecified atom stereocenters.